The molecule has 1 heterocycles. The number of fused-ring (bicyclic) bond motifs is 2. The second-order valence-electron chi connectivity index (χ2n) is 20.1. The number of carbonyl (C=O) groups excluding carboxylic acids is 6. The molecule has 370 valence electrons. The van der Waals surface area contributed by atoms with Crippen LogP contribution in [0.5, 0.6) is 17.2 Å². The SMILES string of the molecule is CCCOCCOc1cc(CN(C(=O)c2cccc3c2OCCCc2cc(CC(C)=NC(=O)OC(C)(C)C)ccc2C(=O)O3)[C@@H](CC(C)=O)C(=O)OC(C)(C)C)cc(C(=O)OCC[Si](C)(C)C)c1. The number of esters is 3. The summed E-state index contributed by atoms with van der Waals surface area (Å²) in [4.78, 5) is 87.5. The summed E-state index contributed by atoms with van der Waals surface area (Å²) in [5, 5.41) is 0. The monoisotopic (exact) mass is 958 g/mol. The van der Waals surface area contributed by atoms with E-state index in [4.69, 9.17) is 33.2 Å². The first kappa shape index (κ1) is 54.7. The number of ether oxygens (including phenoxy) is 7. The summed E-state index contributed by atoms with van der Waals surface area (Å²) in [7, 11) is -1.54. The fraction of sp³-hybridized carbons (Fsp3) is 0.519. The summed E-state index contributed by atoms with van der Waals surface area (Å²) in [6, 6.07) is 13.9. The Morgan fingerprint density at radius 1 is 0.853 bits per heavy atom. The molecule has 3 aromatic carbocycles. The van der Waals surface area contributed by atoms with Gasteiger partial charge in [0.2, 0.25) is 0 Å². The third kappa shape index (κ3) is 18.0. The van der Waals surface area contributed by atoms with Crippen LogP contribution in [0.2, 0.25) is 25.7 Å². The number of carbonyl (C=O) groups is 6. The van der Waals surface area contributed by atoms with Crippen LogP contribution in [-0.4, -0.2) is 105 Å². The van der Waals surface area contributed by atoms with E-state index in [0.717, 1.165) is 18.0 Å². The molecule has 2 amide bonds. The number of ketones is 1. The van der Waals surface area contributed by atoms with Gasteiger partial charge in [-0.15, -0.1) is 0 Å². The summed E-state index contributed by atoms with van der Waals surface area (Å²) in [6.07, 6.45) is 0.924. The highest BCUT2D eigenvalue weighted by Gasteiger charge is 2.37. The Kier molecular flexibility index (Phi) is 19.7. The van der Waals surface area contributed by atoms with E-state index in [9.17, 15) is 24.0 Å². The van der Waals surface area contributed by atoms with Gasteiger partial charge in [-0.2, -0.15) is 4.99 Å². The molecule has 1 aliphatic heterocycles. The molecule has 0 bridgehead atoms. The van der Waals surface area contributed by atoms with Crippen LogP contribution in [-0.2, 0) is 47.9 Å². The maximum Gasteiger partial charge on any atom is 0.434 e. The number of aryl methyl sites for hydroxylation is 1. The summed E-state index contributed by atoms with van der Waals surface area (Å²) >= 11 is 0. The summed E-state index contributed by atoms with van der Waals surface area (Å²) < 4.78 is 40.8. The van der Waals surface area contributed by atoms with Gasteiger partial charge in [0.15, 0.2) is 11.5 Å². The van der Waals surface area contributed by atoms with Crippen molar-refractivity contribution in [2.75, 3.05) is 33.0 Å². The van der Waals surface area contributed by atoms with Crippen molar-refractivity contribution in [3.05, 3.63) is 88.0 Å². The molecule has 0 saturated carbocycles. The Morgan fingerprint density at radius 2 is 1.57 bits per heavy atom. The van der Waals surface area contributed by atoms with Crippen molar-refractivity contribution in [2.45, 2.75) is 144 Å². The molecule has 1 atom stereocenters. The Bertz CT molecular complexity index is 2320. The fourth-order valence-electron chi connectivity index (χ4n) is 7.03. The third-order valence-corrected chi connectivity index (χ3v) is 11.8. The summed E-state index contributed by atoms with van der Waals surface area (Å²) in [6.45, 7) is 23.0. The molecule has 68 heavy (non-hydrogen) atoms. The van der Waals surface area contributed by atoms with Crippen LogP contribution in [0.3, 0.4) is 0 Å². The highest BCUT2D eigenvalue weighted by Crippen LogP contribution is 2.36. The quantitative estimate of drug-likeness (QED) is 0.0277. The van der Waals surface area contributed by atoms with Gasteiger partial charge in [0.05, 0.1) is 36.5 Å². The Hall–Kier alpha value is -5.87. The Labute approximate surface area is 402 Å². The average Bonchev–Trinajstić information content (AvgIpc) is 3.21. The molecule has 15 nitrogen and oxygen atoms in total. The Balaban J connectivity index is 1.77. The van der Waals surface area contributed by atoms with E-state index < -0.39 is 61.6 Å². The average molecular weight is 959 g/mol. The van der Waals surface area contributed by atoms with E-state index >= 15 is 4.79 Å². The van der Waals surface area contributed by atoms with Gasteiger partial charge in [-0.1, -0.05) is 44.8 Å². The number of aliphatic imine (C=N–C) groups is 1. The highest BCUT2D eigenvalue weighted by molar-refractivity contribution is 6.76. The van der Waals surface area contributed by atoms with Crippen LogP contribution in [0, 0.1) is 0 Å². The van der Waals surface area contributed by atoms with Crippen molar-refractivity contribution in [3.63, 3.8) is 0 Å². The lowest BCUT2D eigenvalue weighted by Gasteiger charge is -2.33. The zero-order valence-corrected chi connectivity index (χ0v) is 43.0. The smallest absolute Gasteiger partial charge is 0.434 e. The maximum atomic E-state index is 15.2. The van der Waals surface area contributed by atoms with Gasteiger partial charge in [0.1, 0.15) is 35.4 Å². The number of hydrogen-bond acceptors (Lipinski definition) is 13. The molecule has 0 N–H and O–H groups in total. The Morgan fingerprint density at radius 3 is 2.24 bits per heavy atom. The van der Waals surface area contributed by atoms with Gasteiger partial charge in [-0.05, 0) is 134 Å². The maximum absolute atomic E-state index is 15.2. The van der Waals surface area contributed by atoms with Gasteiger partial charge in [0.25, 0.3) is 5.91 Å². The number of para-hydroxylation sites is 1. The van der Waals surface area contributed by atoms with Crippen molar-refractivity contribution in [2.24, 2.45) is 4.99 Å². The minimum absolute atomic E-state index is 0.0357. The normalized spacial score (nSPS) is 13.7. The van der Waals surface area contributed by atoms with E-state index in [-0.39, 0.29) is 54.8 Å². The van der Waals surface area contributed by atoms with Crippen molar-refractivity contribution in [3.8, 4) is 17.2 Å². The summed E-state index contributed by atoms with van der Waals surface area (Å²) in [5.41, 5.74) is 1.20. The molecule has 0 fully saturated rings. The molecule has 0 spiro atoms. The number of hydrogen-bond donors (Lipinski definition) is 0. The number of amides is 2. The van der Waals surface area contributed by atoms with Crippen LogP contribution in [0.1, 0.15) is 129 Å². The standard InChI is InChI=1S/C52H70N2O13Si/c1-13-21-61-23-24-62-40-31-37(30-39(32-40)47(57)64-25-26-68(10,11)12)33-54(43(28-35(3)55)49(59)66-51(4,5)6)46(56)42-17-14-18-44-45(42)63-22-15-16-38-29-36(19-20-41(38)48(58)65-44)27-34(2)53-50(60)67-52(7,8)9/h14,17-20,29-32,43H,13,15-16,21-28,33H2,1-12H3/t43-/m0/s1. The molecule has 3 aromatic rings. The number of benzene rings is 3. The van der Waals surface area contributed by atoms with Gasteiger partial charge in [-0.3, -0.25) is 9.59 Å². The molecule has 0 aromatic heterocycles. The first-order chi connectivity index (χ1) is 31.8. The molecule has 4 rings (SSSR count). The van der Waals surface area contributed by atoms with Crippen LogP contribution in [0.25, 0.3) is 0 Å². The van der Waals surface area contributed by atoms with Crippen LogP contribution in [0.15, 0.2) is 59.6 Å². The number of rotatable bonds is 19. The van der Waals surface area contributed by atoms with Crippen LogP contribution >= 0.6 is 0 Å². The van der Waals surface area contributed by atoms with Crippen LogP contribution in [0.4, 0.5) is 4.79 Å². The van der Waals surface area contributed by atoms with Crippen molar-refractivity contribution in [1.29, 1.82) is 0 Å². The molecular weight excluding hydrogens is 889 g/mol. The number of nitrogens with zero attached hydrogens (tertiary/aromatic N) is 2. The highest BCUT2D eigenvalue weighted by atomic mass is 28.3. The lowest BCUT2D eigenvalue weighted by atomic mass is 9.97. The molecule has 0 radical (unpaired) electrons. The van der Waals surface area contributed by atoms with E-state index in [0.29, 0.717) is 60.6 Å². The zero-order valence-electron chi connectivity index (χ0n) is 42.0. The van der Waals surface area contributed by atoms with E-state index in [1.165, 1.54) is 30.0 Å². The second kappa shape index (κ2) is 24.4. The first-order valence-electron chi connectivity index (χ1n) is 23.2. The van der Waals surface area contributed by atoms with Crippen LogP contribution < -0.4 is 14.2 Å². The summed E-state index contributed by atoms with van der Waals surface area (Å²) in [5.74, 6) is -3.00. The van der Waals surface area contributed by atoms with E-state index in [1.54, 1.807) is 78.8 Å². The molecule has 16 heteroatoms. The lowest BCUT2D eigenvalue weighted by molar-refractivity contribution is -0.161. The largest absolute Gasteiger partial charge is 0.491 e. The molecule has 1 aliphatic rings. The topological polar surface area (TPSA) is 183 Å². The van der Waals surface area contributed by atoms with E-state index in [1.807, 2.05) is 13.0 Å². The van der Waals surface area contributed by atoms with Gasteiger partial charge >= 0.3 is 24.0 Å². The van der Waals surface area contributed by atoms with Gasteiger partial charge in [-0.25, -0.2) is 19.2 Å². The fourth-order valence-corrected chi connectivity index (χ4v) is 7.75. The zero-order chi connectivity index (χ0) is 50.4. The van der Waals surface area contributed by atoms with Crippen molar-refractivity contribution in [1.82, 2.24) is 4.90 Å². The lowest BCUT2D eigenvalue weighted by Crippen LogP contribution is -2.48. The third-order valence-electron chi connectivity index (χ3n) is 10.1. The van der Waals surface area contributed by atoms with Gasteiger partial charge in [0, 0.05) is 39.8 Å². The van der Waals surface area contributed by atoms with Crippen molar-refractivity contribution < 1.29 is 61.9 Å². The molecular formula is C52H70N2O13Si. The minimum Gasteiger partial charge on any atom is -0.491 e. The predicted molar refractivity (Wildman–Crippen MR) is 261 cm³/mol. The minimum atomic E-state index is -1.54. The molecule has 0 saturated heterocycles. The molecule has 0 unspecified atom stereocenters. The first-order valence-corrected chi connectivity index (χ1v) is 26.9. The van der Waals surface area contributed by atoms with Gasteiger partial charge < -0.3 is 38.1 Å². The van der Waals surface area contributed by atoms with Crippen molar-refractivity contribution >= 4 is 49.5 Å². The molecule has 0 aliphatic carbocycles. The predicted octanol–water partition coefficient (Wildman–Crippen LogP) is 9.80. The second-order valence-corrected chi connectivity index (χ2v) is 25.8. The number of Topliss-reactive ketones (excluding diaryl/α,β-unsaturated/α-hetero) is 1. The van der Waals surface area contributed by atoms with E-state index in [2.05, 4.69) is 24.6 Å².